The molecule has 0 saturated carbocycles. The molecule has 0 saturated heterocycles. The Kier molecular flexibility index (Phi) is 5.40. The Morgan fingerprint density at radius 1 is 1.69 bits per heavy atom. The molecule has 1 heterocycles. The van der Waals surface area contributed by atoms with Crippen LogP contribution >= 0.6 is 22.6 Å². The molecule has 1 atom stereocenters. The summed E-state index contributed by atoms with van der Waals surface area (Å²) in [4.78, 5) is 11.8. The lowest BCUT2D eigenvalue weighted by molar-refractivity contribution is 0.0649. The standard InChI is InChI=1S/C11H17IN2O2/c1-4-16-8(2)5-6-10(15)9-7-11(12)14(3)13-9/h7-8H,4-6H2,1-3H3. The number of aromatic nitrogens is 2. The molecule has 0 aliphatic rings. The fourth-order valence-electron chi connectivity index (χ4n) is 1.41. The highest BCUT2D eigenvalue weighted by Crippen LogP contribution is 2.11. The molecule has 0 N–H and O–H groups in total. The molecule has 0 bridgehead atoms. The molecule has 0 spiro atoms. The molecule has 1 unspecified atom stereocenters. The molecule has 0 fully saturated rings. The van der Waals surface area contributed by atoms with Gasteiger partial charge in [0.1, 0.15) is 5.69 Å². The van der Waals surface area contributed by atoms with Gasteiger partial charge in [0.15, 0.2) is 5.78 Å². The van der Waals surface area contributed by atoms with E-state index < -0.39 is 0 Å². The minimum Gasteiger partial charge on any atom is -0.379 e. The minimum absolute atomic E-state index is 0.0880. The van der Waals surface area contributed by atoms with Crippen molar-refractivity contribution in [3.05, 3.63) is 15.5 Å². The fraction of sp³-hybridized carbons (Fsp3) is 0.636. The summed E-state index contributed by atoms with van der Waals surface area (Å²) >= 11 is 2.16. The zero-order valence-corrected chi connectivity index (χ0v) is 12.0. The van der Waals surface area contributed by atoms with Crippen molar-refractivity contribution < 1.29 is 9.53 Å². The maximum Gasteiger partial charge on any atom is 0.183 e. The van der Waals surface area contributed by atoms with Gasteiger partial charge in [-0.2, -0.15) is 5.10 Å². The van der Waals surface area contributed by atoms with Crippen molar-refractivity contribution in [3.8, 4) is 0 Å². The van der Waals surface area contributed by atoms with Gasteiger partial charge in [0.05, 0.1) is 9.80 Å². The summed E-state index contributed by atoms with van der Waals surface area (Å²) in [7, 11) is 1.83. The number of carbonyl (C=O) groups excluding carboxylic acids is 1. The molecule has 4 nitrogen and oxygen atoms in total. The molecule has 0 aromatic carbocycles. The monoisotopic (exact) mass is 336 g/mol. The highest BCUT2D eigenvalue weighted by Gasteiger charge is 2.13. The van der Waals surface area contributed by atoms with E-state index in [1.54, 1.807) is 4.68 Å². The topological polar surface area (TPSA) is 44.1 Å². The molecular weight excluding hydrogens is 319 g/mol. The van der Waals surface area contributed by atoms with Crippen LogP contribution in [0, 0.1) is 3.70 Å². The number of hydrogen-bond acceptors (Lipinski definition) is 3. The maximum absolute atomic E-state index is 11.8. The van der Waals surface area contributed by atoms with Gasteiger partial charge in [0.2, 0.25) is 0 Å². The minimum atomic E-state index is 0.0880. The van der Waals surface area contributed by atoms with Crippen molar-refractivity contribution in [2.45, 2.75) is 32.8 Å². The van der Waals surface area contributed by atoms with Gasteiger partial charge >= 0.3 is 0 Å². The maximum atomic E-state index is 11.8. The van der Waals surface area contributed by atoms with Gasteiger partial charge in [-0.25, -0.2) is 0 Å². The first kappa shape index (κ1) is 13.6. The van der Waals surface area contributed by atoms with Crippen molar-refractivity contribution in [2.24, 2.45) is 7.05 Å². The van der Waals surface area contributed by atoms with Crippen LogP contribution in [-0.4, -0.2) is 28.3 Å². The fourth-order valence-corrected chi connectivity index (χ4v) is 1.81. The number of ether oxygens (including phenoxy) is 1. The van der Waals surface area contributed by atoms with Crippen LogP contribution < -0.4 is 0 Å². The molecule has 1 aromatic heterocycles. The summed E-state index contributed by atoms with van der Waals surface area (Å²) in [6.45, 7) is 4.63. The zero-order chi connectivity index (χ0) is 12.1. The quantitative estimate of drug-likeness (QED) is 0.592. The largest absolute Gasteiger partial charge is 0.379 e. The molecule has 1 aromatic rings. The van der Waals surface area contributed by atoms with Gasteiger partial charge in [-0.3, -0.25) is 9.48 Å². The second kappa shape index (κ2) is 6.34. The van der Waals surface area contributed by atoms with Crippen LogP contribution in [0.2, 0.25) is 0 Å². The van der Waals surface area contributed by atoms with Gasteiger partial charge < -0.3 is 4.74 Å². The van der Waals surface area contributed by atoms with Crippen LogP contribution in [0.4, 0.5) is 0 Å². The van der Waals surface area contributed by atoms with Crippen molar-refractivity contribution in [2.75, 3.05) is 6.61 Å². The number of aryl methyl sites for hydroxylation is 1. The first-order valence-corrected chi connectivity index (χ1v) is 6.46. The molecule has 1 rings (SSSR count). The van der Waals surface area contributed by atoms with Crippen LogP contribution in [0.3, 0.4) is 0 Å². The normalized spacial score (nSPS) is 12.8. The average molecular weight is 336 g/mol. The average Bonchev–Trinajstić information content (AvgIpc) is 2.56. The second-order valence-corrected chi connectivity index (χ2v) is 4.81. The van der Waals surface area contributed by atoms with Crippen LogP contribution in [0.25, 0.3) is 0 Å². The highest BCUT2D eigenvalue weighted by molar-refractivity contribution is 14.1. The summed E-state index contributed by atoms with van der Waals surface area (Å²) in [5, 5.41) is 4.15. The number of hydrogen-bond donors (Lipinski definition) is 0. The van der Waals surface area contributed by atoms with Gasteiger partial charge in [-0.05, 0) is 42.9 Å². The predicted octanol–water partition coefficient (Wildman–Crippen LogP) is 2.41. The first-order chi connectivity index (χ1) is 7.54. The molecule has 0 radical (unpaired) electrons. The van der Waals surface area contributed by atoms with Crippen LogP contribution in [0.5, 0.6) is 0 Å². The van der Waals surface area contributed by atoms with E-state index in [0.29, 0.717) is 18.7 Å². The summed E-state index contributed by atoms with van der Waals surface area (Å²) in [5.41, 5.74) is 0.551. The SMILES string of the molecule is CCOC(C)CCC(=O)c1cc(I)n(C)n1. The Hall–Kier alpha value is -0.430. The molecule has 90 valence electrons. The summed E-state index contributed by atoms with van der Waals surface area (Å²) < 4.78 is 8.06. The smallest absolute Gasteiger partial charge is 0.183 e. The van der Waals surface area contributed by atoms with Crippen LogP contribution in [0.15, 0.2) is 6.07 Å². The Balaban J connectivity index is 2.46. The summed E-state index contributed by atoms with van der Waals surface area (Å²) in [5.74, 6) is 0.0880. The van der Waals surface area contributed by atoms with Crippen LogP contribution in [0.1, 0.15) is 37.2 Å². The highest BCUT2D eigenvalue weighted by atomic mass is 127. The summed E-state index contributed by atoms with van der Waals surface area (Å²) in [6.07, 6.45) is 1.38. The van der Waals surface area contributed by atoms with E-state index in [2.05, 4.69) is 27.7 Å². The predicted molar refractivity (Wildman–Crippen MR) is 70.6 cm³/mol. The van der Waals surface area contributed by atoms with E-state index >= 15 is 0 Å². The molecular formula is C11H17IN2O2. The third-order valence-electron chi connectivity index (χ3n) is 2.34. The number of ketones is 1. The van der Waals surface area contributed by atoms with Crippen molar-refractivity contribution in [3.63, 3.8) is 0 Å². The number of rotatable bonds is 6. The first-order valence-electron chi connectivity index (χ1n) is 5.39. The molecule has 5 heteroatoms. The Labute approximate surface area is 109 Å². The van der Waals surface area contributed by atoms with Crippen molar-refractivity contribution >= 4 is 28.4 Å². The number of nitrogens with zero attached hydrogens (tertiary/aromatic N) is 2. The second-order valence-electron chi connectivity index (χ2n) is 3.70. The number of carbonyl (C=O) groups is 1. The lowest BCUT2D eigenvalue weighted by Gasteiger charge is -2.09. The molecule has 0 aliphatic heterocycles. The van der Waals surface area contributed by atoms with Crippen molar-refractivity contribution in [1.29, 1.82) is 0 Å². The molecule has 16 heavy (non-hydrogen) atoms. The Morgan fingerprint density at radius 3 is 2.88 bits per heavy atom. The number of Topliss-reactive ketones (excluding diaryl/α,β-unsaturated/α-hetero) is 1. The van der Waals surface area contributed by atoms with E-state index in [9.17, 15) is 4.79 Å². The Morgan fingerprint density at radius 2 is 2.38 bits per heavy atom. The number of halogens is 1. The van der Waals surface area contributed by atoms with E-state index in [1.807, 2.05) is 27.0 Å². The molecule has 0 amide bonds. The third kappa shape index (κ3) is 3.86. The summed E-state index contributed by atoms with van der Waals surface area (Å²) in [6, 6.07) is 1.81. The Bertz CT molecular complexity index is 343. The van der Waals surface area contributed by atoms with E-state index in [-0.39, 0.29) is 11.9 Å². The van der Waals surface area contributed by atoms with Gasteiger partial charge in [0.25, 0.3) is 0 Å². The van der Waals surface area contributed by atoms with Gasteiger partial charge in [0, 0.05) is 26.1 Å². The van der Waals surface area contributed by atoms with E-state index in [0.717, 1.165) is 10.1 Å². The van der Waals surface area contributed by atoms with Crippen LogP contribution in [-0.2, 0) is 11.8 Å². The zero-order valence-electron chi connectivity index (χ0n) is 9.86. The van der Waals surface area contributed by atoms with Gasteiger partial charge in [-0.1, -0.05) is 0 Å². The van der Waals surface area contributed by atoms with E-state index in [4.69, 9.17) is 4.74 Å². The van der Waals surface area contributed by atoms with E-state index in [1.165, 1.54) is 0 Å². The molecule has 0 aliphatic carbocycles. The van der Waals surface area contributed by atoms with Crippen molar-refractivity contribution in [1.82, 2.24) is 9.78 Å². The lowest BCUT2D eigenvalue weighted by Crippen LogP contribution is -2.11. The van der Waals surface area contributed by atoms with Gasteiger partial charge in [-0.15, -0.1) is 0 Å². The lowest BCUT2D eigenvalue weighted by atomic mass is 10.1. The third-order valence-corrected chi connectivity index (χ3v) is 3.35.